The van der Waals surface area contributed by atoms with E-state index in [1.807, 2.05) is 29.2 Å². The van der Waals surface area contributed by atoms with Crippen molar-refractivity contribution in [3.05, 3.63) is 60.0 Å². The molecule has 0 bridgehead atoms. The van der Waals surface area contributed by atoms with Crippen LogP contribution in [0, 0.1) is 0 Å². The second-order valence-electron chi connectivity index (χ2n) is 7.71. The number of amides is 1. The van der Waals surface area contributed by atoms with E-state index in [4.69, 9.17) is 9.26 Å². The number of ether oxygens (including phenoxy) is 1. The van der Waals surface area contributed by atoms with Gasteiger partial charge in [-0.05, 0) is 54.6 Å². The number of thioether (sulfide) groups is 1. The topological polar surface area (TPSA) is 68.5 Å². The predicted molar refractivity (Wildman–Crippen MR) is 121 cm³/mol. The Bertz CT molecular complexity index is 1000. The van der Waals surface area contributed by atoms with Gasteiger partial charge in [0.05, 0.1) is 12.5 Å². The van der Waals surface area contributed by atoms with Crippen LogP contribution in [-0.4, -0.2) is 40.4 Å². The molecule has 1 saturated heterocycles. The van der Waals surface area contributed by atoms with Crippen LogP contribution >= 0.6 is 11.8 Å². The smallest absolute Gasteiger partial charge is 0.232 e. The maximum absolute atomic E-state index is 12.5. The van der Waals surface area contributed by atoms with Crippen molar-refractivity contribution in [1.29, 1.82) is 0 Å². The first-order valence-corrected chi connectivity index (χ1v) is 11.9. The zero-order chi connectivity index (χ0) is 21.6. The van der Waals surface area contributed by atoms with Gasteiger partial charge in [-0.25, -0.2) is 0 Å². The van der Waals surface area contributed by atoms with Gasteiger partial charge in [-0.2, -0.15) is 4.98 Å². The van der Waals surface area contributed by atoms with E-state index in [9.17, 15) is 4.79 Å². The maximum Gasteiger partial charge on any atom is 0.232 e. The summed E-state index contributed by atoms with van der Waals surface area (Å²) in [6, 6.07) is 16.0. The van der Waals surface area contributed by atoms with E-state index in [0.717, 1.165) is 36.3 Å². The Morgan fingerprint density at radius 1 is 1.16 bits per heavy atom. The third kappa shape index (κ3) is 5.28. The van der Waals surface area contributed by atoms with E-state index in [-0.39, 0.29) is 11.8 Å². The summed E-state index contributed by atoms with van der Waals surface area (Å²) in [5.41, 5.74) is 1.99. The minimum Gasteiger partial charge on any atom is -0.494 e. The molecule has 162 valence electrons. The first-order chi connectivity index (χ1) is 15.2. The molecule has 1 fully saturated rings. The van der Waals surface area contributed by atoms with Crippen molar-refractivity contribution in [2.45, 2.75) is 43.5 Å². The number of aromatic nitrogens is 2. The summed E-state index contributed by atoms with van der Waals surface area (Å²) in [5, 5.41) is 4.13. The van der Waals surface area contributed by atoms with E-state index >= 15 is 0 Å². The Kier molecular flexibility index (Phi) is 6.92. The van der Waals surface area contributed by atoms with Gasteiger partial charge in [0.15, 0.2) is 0 Å². The molecule has 0 saturated carbocycles. The highest BCUT2D eigenvalue weighted by Gasteiger charge is 2.34. The van der Waals surface area contributed by atoms with Gasteiger partial charge in [0.2, 0.25) is 17.6 Å². The molecule has 3 aromatic rings. The van der Waals surface area contributed by atoms with Crippen LogP contribution in [0.4, 0.5) is 0 Å². The summed E-state index contributed by atoms with van der Waals surface area (Å²) in [6.07, 6.45) is 4.60. The monoisotopic (exact) mass is 437 g/mol. The summed E-state index contributed by atoms with van der Waals surface area (Å²) >= 11 is 1.71. The minimum atomic E-state index is -0.0733. The third-order valence-corrected chi connectivity index (χ3v) is 6.16. The first-order valence-electron chi connectivity index (χ1n) is 10.6. The zero-order valence-electron chi connectivity index (χ0n) is 17.9. The zero-order valence-corrected chi connectivity index (χ0v) is 18.7. The first kappa shape index (κ1) is 21.4. The predicted octanol–water partition coefficient (Wildman–Crippen LogP) is 5.15. The second kappa shape index (κ2) is 10.0. The Morgan fingerprint density at radius 2 is 1.94 bits per heavy atom. The Balaban J connectivity index is 1.38. The van der Waals surface area contributed by atoms with Crippen LogP contribution in [0.5, 0.6) is 5.75 Å². The molecule has 7 heteroatoms. The van der Waals surface area contributed by atoms with Gasteiger partial charge >= 0.3 is 0 Å². The van der Waals surface area contributed by atoms with Gasteiger partial charge in [0.1, 0.15) is 5.75 Å². The normalized spacial score (nSPS) is 16.1. The lowest BCUT2D eigenvalue weighted by atomic mass is 10.1. The largest absolute Gasteiger partial charge is 0.494 e. The summed E-state index contributed by atoms with van der Waals surface area (Å²) in [7, 11) is 0. The summed E-state index contributed by atoms with van der Waals surface area (Å²) in [6.45, 7) is 4.05. The van der Waals surface area contributed by atoms with Crippen molar-refractivity contribution >= 4 is 17.7 Å². The molecule has 4 rings (SSSR count). The lowest BCUT2D eigenvalue weighted by Crippen LogP contribution is -2.24. The maximum atomic E-state index is 12.5. The summed E-state index contributed by atoms with van der Waals surface area (Å²) in [4.78, 5) is 20.2. The number of likely N-dealkylation sites (tertiary alicyclic amines) is 1. The number of benzene rings is 2. The van der Waals surface area contributed by atoms with Crippen molar-refractivity contribution in [3.63, 3.8) is 0 Å². The van der Waals surface area contributed by atoms with E-state index in [2.05, 4.69) is 47.6 Å². The van der Waals surface area contributed by atoms with E-state index < -0.39 is 0 Å². The molecule has 6 nitrogen and oxygen atoms in total. The highest BCUT2D eigenvalue weighted by Crippen LogP contribution is 2.30. The van der Waals surface area contributed by atoms with E-state index in [1.54, 1.807) is 11.8 Å². The van der Waals surface area contributed by atoms with Crippen LogP contribution in [-0.2, 0) is 11.3 Å². The molecular formula is C24H27N3O3S. The number of nitrogens with zero attached hydrogens (tertiary/aromatic N) is 3. The lowest BCUT2D eigenvalue weighted by molar-refractivity contribution is -0.128. The molecule has 0 spiro atoms. The van der Waals surface area contributed by atoms with Crippen LogP contribution in [0.3, 0.4) is 0 Å². The van der Waals surface area contributed by atoms with Gasteiger partial charge in [0.25, 0.3) is 0 Å². The fourth-order valence-electron chi connectivity index (χ4n) is 3.59. The van der Waals surface area contributed by atoms with Gasteiger partial charge in [0, 0.05) is 30.0 Å². The third-order valence-electron chi connectivity index (χ3n) is 5.42. The molecule has 0 N–H and O–H groups in total. The molecule has 0 aliphatic carbocycles. The SMILES string of the molecule is CCCCOc1ccc(-c2noc(C3CC(=O)N(Cc4ccc(SC)cc4)C3)n2)cc1. The molecule has 0 radical (unpaired) electrons. The molecule has 2 aromatic carbocycles. The van der Waals surface area contributed by atoms with Crippen LogP contribution in [0.1, 0.15) is 43.6 Å². The molecule has 1 atom stereocenters. The number of carbonyl (C=O) groups excluding carboxylic acids is 1. The second-order valence-corrected chi connectivity index (χ2v) is 8.59. The van der Waals surface area contributed by atoms with Crippen LogP contribution < -0.4 is 4.74 Å². The minimum absolute atomic E-state index is 0.0733. The van der Waals surface area contributed by atoms with Gasteiger partial charge in [-0.1, -0.05) is 30.6 Å². The summed E-state index contributed by atoms with van der Waals surface area (Å²) < 4.78 is 11.2. The van der Waals surface area contributed by atoms with Gasteiger partial charge in [-0.15, -0.1) is 11.8 Å². The lowest BCUT2D eigenvalue weighted by Gasteiger charge is -2.16. The Morgan fingerprint density at radius 3 is 2.65 bits per heavy atom. The van der Waals surface area contributed by atoms with E-state index in [0.29, 0.717) is 31.2 Å². The van der Waals surface area contributed by atoms with Crippen LogP contribution in [0.15, 0.2) is 57.9 Å². The average Bonchev–Trinajstić information content (AvgIpc) is 3.42. The molecule has 1 amide bonds. The standard InChI is InChI=1S/C24H27N3O3S/c1-3-4-13-29-20-9-7-18(8-10-20)23-25-24(30-26-23)19-14-22(28)27(16-19)15-17-5-11-21(31-2)12-6-17/h5-12,19H,3-4,13-16H2,1-2H3. The molecule has 1 aliphatic heterocycles. The molecule has 1 aliphatic rings. The fraction of sp³-hybridized carbons (Fsp3) is 0.375. The van der Waals surface area contributed by atoms with Crippen molar-refractivity contribution in [3.8, 4) is 17.1 Å². The van der Waals surface area contributed by atoms with Crippen molar-refractivity contribution in [1.82, 2.24) is 15.0 Å². The van der Waals surface area contributed by atoms with E-state index in [1.165, 1.54) is 4.90 Å². The van der Waals surface area contributed by atoms with Crippen LogP contribution in [0.25, 0.3) is 11.4 Å². The number of carbonyl (C=O) groups is 1. The molecular weight excluding hydrogens is 410 g/mol. The number of hydrogen-bond donors (Lipinski definition) is 0. The number of unbranched alkanes of at least 4 members (excludes halogenated alkanes) is 1. The highest BCUT2D eigenvalue weighted by molar-refractivity contribution is 7.98. The summed E-state index contributed by atoms with van der Waals surface area (Å²) in [5.74, 6) is 1.94. The number of hydrogen-bond acceptors (Lipinski definition) is 6. The van der Waals surface area contributed by atoms with Crippen molar-refractivity contribution in [2.75, 3.05) is 19.4 Å². The van der Waals surface area contributed by atoms with Crippen molar-refractivity contribution < 1.29 is 14.1 Å². The molecule has 1 unspecified atom stereocenters. The van der Waals surface area contributed by atoms with Gasteiger partial charge in [-0.3, -0.25) is 4.79 Å². The Labute approximate surface area is 187 Å². The Hall–Kier alpha value is -2.80. The molecule has 2 heterocycles. The molecule has 31 heavy (non-hydrogen) atoms. The molecule has 1 aromatic heterocycles. The average molecular weight is 438 g/mol. The highest BCUT2D eigenvalue weighted by atomic mass is 32.2. The quantitative estimate of drug-likeness (QED) is 0.340. The van der Waals surface area contributed by atoms with Crippen LogP contribution in [0.2, 0.25) is 0 Å². The number of rotatable bonds is 9. The van der Waals surface area contributed by atoms with Gasteiger partial charge < -0.3 is 14.2 Å². The fourth-order valence-corrected chi connectivity index (χ4v) is 4.00. The van der Waals surface area contributed by atoms with Crippen molar-refractivity contribution in [2.24, 2.45) is 0 Å².